The van der Waals surface area contributed by atoms with Gasteiger partial charge in [0.2, 0.25) is 5.91 Å². The SMILES string of the molecule is CCCCCC(O)c1ccc(N2C(=O)CCC2/C=C/Cc2ccc(C(=O)OC)s2)cc1. The number of aliphatic hydroxyl groups is 1. The highest BCUT2D eigenvalue weighted by Gasteiger charge is 2.30. The van der Waals surface area contributed by atoms with Crippen LogP contribution >= 0.6 is 11.3 Å². The molecule has 0 saturated carbocycles. The number of thiophene rings is 1. The van der Waals surface area contributed by atoms with Crippen molar-refractivity contribution >= 4 is 28.9 Å². The first-order valence-corrected chi connectivity index (χ1v) is 11.8. The Morgan fingerprint density at radius 3 is 2.74 bits per heavy atom. The van der Waals surface area contributed by atoms with Crippen molar-refractivity contribution in [1.82, 2.24) is 0 Å². The zero-order chi connectivity index (χ0) is 22.2. The zero-order valence-corrected chi connectivity index (χ0v) is 19.1. The Balaban J connectivity index is 1.62. The second kappa shape index (κ2) is 11.3. The fourth-order valence-corrected chi connectivity index (χ4v) is 4.78. The van der Waals surface area contributed by atoms with Gasteiger partial charge in [-0.05, 0) is 49.1 Å². The number of carbonyl (C=O) groups excluding carboxylic acids is 2. The van der Waals surface area contributed by atoms with E-state index in [1.54, 1.807) is 6.07 Å². The Morgan fingerprint density at radius 2 is 2.03 bits per heavy atom. The molecule has 6 heteroatoms. The fraction of sp³-hybridized carbons (Fsp3) is 0.440. The van der Waals surface area contributed by atoms with Crippen molar-refractivity contribution in [2.75, 3.05) is 12.0 Å². The summed E-state index contributed by atoms with van der Waals surface area (Å²) in [6.45, 7) is 2.15. The molecule has 2 aromatic rings. The molecule has 166 valence electrons. The Kier molecular flexibility index (Phi) is 8.43. The molecular formula is C25H31NO4S. The standard InChI is InChI=1S/C25H31NO4S/c1-3-4-5-9-22(27)18-10-12-20(13-11-18)26-19(14-17-24(26)28)7-6-8-21-15-16-23(31-21)25(29)30-2/h6-7,10-13,15-16,19,22,27H,3-5,8-9,14,17H2,1-2H3/b7-6+. The van der Waals surface area contributed by atoms with E-state index in [-0.39, 0.29) is 17.9 Å². The number of ether oxygens (including phenoxy) is 1. The molecule has 0 bridgehead atoms. The lowest BCUT2D eigenvalue weighted by Crippen LogP contribution is -2.31. The summed E-state index contributed by atoms with van der Waals surface area (Å²) in [4.78, 5) is 27.6. The van der Waals surface area contributed by atoms with Crippen molar-refractivity contribution in [2.24, 2.45) is 0 Å². The van der Waals surface area contributed by atoms with Crippen LogP contribution in [-0.4, -0.2) is 30.1 Å². The van der Waals surface area contributed by atoms with Crippen molar-refractivity contribution in [3.05, 3.63) is 63.9 Å². The number of allylic oxidation sites excluding steroid dienone is 1. The molecule has 2 heterocycles. The van der Waals surface area contributed by atoms with Gasteiger partial charge in [0, 0.05) is 17.0 Å². The summed E-state index contributed by atoms with van der Waals surface area (Å²) < 4.78 is 4.75. The third-order valence-electron chi connectivity index (χ3n) is 5.62. The fourth-order valence-electron chi connectivity index (χ4n) is 3.87. The number of esters is 1. The Hall–Kier alpha value is -2.44. The van der Waals surface area contributed by atoms with Gasteiger partial charge >= 0.3 is 5.97 Å². The lowest BCUT2D eigenvalue weighted by Gasteiger charge is -2.23. The van der Waals surface area contributed by atoms with Crippen LogP contribution in [0.4, 0.5) is 5.69 Å². The first kappa shape index (κ1) is 23.2. The van der Waals surface area contributed by atoms with Gasteiger partial charge in [0.25, 0.3) is 0 Å². The second-order valence-electron chi connectivity index (χ2n) is 7.86. The number of methoxy groups -OCH3 is 1. The van der Waals surface area contributed by atoms with Crippen LogP contribution in [0.15, 0.2) is 48.6 Å². The van der Waals surface area contributed by atoms with E-state index in [0.717, 1.165) is 48.2 Å². The number of anilines is 1. The Bertz CT molecular complexity index is 903. The van der Waals surface area contributed by atoms with Gasteiger partial charge in [-0.15, -0.1) is 11.3 Å². The summed E-state index contributed by atoms with van der Waals surface area (Å²) in [6, 6.07) is 11.5. The zero-order valence-electron chi connectivity index (χ0n) is 18.3. The van der Waals surface area contributed by atoms with Crippen LogP contribution in [0.5, 0.6) is 0 Å². The molecule has 1 saturated heterocycles. The van der Waals surface area contributed by atoms with E-state index >= 15 is 0 Å². The van der Waals surface area contributed by atoms with Crippen molar-refractivity contribution < 1.29 is 19.4 Å². The number of amides is 1. The van der Waals surface area contributed by atoms with Crippen LogP contribution in [0, 0.1) is 0 Å². The number of hydrogen-bond donors (Lipinski definition) is 1. The summed E-state index contributed by atoms with van der Waals surface area (Å²) in [6.07, 6.45) is 9.76. The van der Waals surface area contributed by atoms with E-state index in [9.17, 15) is 14.7 Å². The van der Waals surface area contributed by atoms with E-state index in [1.165, 1.54) is 18.4 Å². The molecule has 0 aliphatic carbocycles. The van der Waals surface area contributed by atoms with Crippen molar-refractivity contribution in [1.29, 1.82) is 0 Å². The molecule has 1 aromatic heterocycles. The quantitative estimate of drug-likeness (QED) is 0.303. The van der Waals surface area contributed by atoms with Gasteiger partial charge in [0.05, 0.1) is 19.3 Å². The summed E-state index contributed by atoms with van der Waals surface area (Å²) in [7, 11) is 1.38. The van der Waals surface area contributed by atoms with E-state index in [4.69, 9.17) is 4.74 Å². The van der Waals surface area contributed by atoms with Crippen LogP contribution in [0.2, 0.25) is 0 Å². The number of nitrogens with zero attached hydrogens (tertiary/aromatic N) is 1. The molecule has 0 radical (unpaired) electrons. The summed E-state index contributed by atoms with van der Waals surface area (Å²) in [5, 5.41) is 10.4. The van der Waals surface area contributed by atoms with Crippen LogP contribution in [-0.2, 0) is 16.0 Å². The minimum atomic E-state index is -0.453. The van der Waals surface area contributed by atoms with Gasteiger partial charge in [0.15, 0.2) is 0 Å². The van der Waals surface area contributed by atoms with Gasteiger partial charge in [-0.3, -0.25) is 4.79 Å². The molecule has 2 unspecified atom stereocenters. The molecule has 1 aliphatic heterocycles. The molecule has 1 aromatic carbocycles. The number of carbonyl (C=O) groups is 2. The number of aliphatic hydroxyl groups excluding tert-OH is 1. The highest BCUT2D eigenvalue weighted by atomic mass is 32.1. The number of benzene rings is 1. The van der Waals surface area contributed by atoms with Gasteiger partial charge < -0.3 is 14.7 Å². The molecule has 1 fully saturated rings. The van der Waals surface area contributed by atoms with Crippen molar-refractivity contribution in [2.45, 2.75) is 64.0 Å². The molecule has 1 aliphatic rings. The molecular weight excluding hydrogens is 410 g/mol. The molecule has 1 amide bonds. The molecule has 2 atom stereocenters. The van der Waals surface area contributed by atoms with E-state index in [2.05, 4.69) is 19.1 Å². The second-order valence-corrected chi connectivity index (χ2v) is 9.03. The average molecular weight is 442 g/mol. The van der Waals surface area contributed by atoms with Gasteiger partial charge in [-0.2, -0.15) is 0 Å². The highest BCUT2D eigenvalue weighted by Crippen LogP contribution is 2.30. The maximum Gasteiger partial charge on any atom is 0.348 e. The van der Waals surface area contributed by atoms with Crippen LogP contribution < -0.4 is 4.90 Å². The topological polar surface area (TPSA) is 66.8 Å². The average Bonchev–Trinajstić information content (AvgIpc) is 3.40. The maximum absolute atomic E-state index is 12.5. The molecule has 1 N–H and O–H groups in total. The maximum atomic E-state index is 12.5. The molecule has 0 spiro atoms. The largest absolute Gasteiger partial charge is 0.465 e. The minimum absolute atomic E-state index is 0.0212. The smallest absolute Gasteiger partial charge is 0.348 e. The van der Waals surface area contributed by atoms with Crippen molar-refractivity contribution in [3.8, 4) is 0 Å². The third kappa shape index (κ3) is 6.05. The highest BCUT2D eigenvalue weighted by molar-refractivity contribution is 7.13. The van der Waals surface area contributed by atoms with Crippen LogP contribution in [0.25, 0.3) is 0 Å². The Morgan fingerprint density at radius 1 is 1.26 bits per heavy atom. The molecule has 3 rings (SSSR count). The summed E-state index contributed by atoms with van der Waals surface area (Å²) >= 11 is 1.43. The first-order chi connectivity index (χ1) is 15.0. The predicted molar refractivity (Wildman–Crippen MR) is 125 cm³/mol. The number of rotatable bonds is 10. The molecule has 31 heavy (non-hydrogen) atoms. The number of unbranched alkanes of at least 4 members (excludes halogenated alkanes) is 2. The van der Waals surface area contributed by atoms with E-state index in [1.807, 2.05) is 35.2 Å². The summed E-state index contributed by atoms with van der Waals surface area (Å²) in [5.74, 6) is -0.193. The lowest BCUT2D eigenvalue weighted by atomic mass is 10.0. The van der Waals surface area contributed by atoms with E-state index < -0.39 is 6.10 Å². The Labute approximate surface area is 188 Å². The van der Waals surface area contributed by atoms with Crippen molar-refractivity contribution in [3.63, 3.8) is 0 Å². The van der Waals surface area contributed by atoms with E-state index in [0.29, 0.717) is 17.7 Å². The predicted octanol–water partition coefficient (Wildman–Crippen LogP) is 5.44. The minimum Gasteiger partial charge on any atom is -0.465 e. The van der Waals surface area contributed by atoms with Gasteiger partial charge in [0.1, 0.15) is 4.88 Å². The van der Waals surface area contributed by atoms with Crippen LogP contribution in [0.3, 0.4) is 0 Å². The number of hydrogen-bond acceptors (Lipinski definition) is 5. The normalized spacial score (nSPS) is 17.5. The lowest BCUT2D eigenvalue weighted by molar-refractivity contribution is -0.117. The molecule has 5 nitrogen and oxygen atoms in total. The third-order valence-corrected chi connectivity index (χ3v) is 6.70. The summed E-state index contributed by atoms with van der Waals surface area (Å²) in [5.41, 5.74) is 1.77. The monoisotopic (exact) mass is 441 g/mol. The van der Waals surface area contributed by atoms with Gasteiger partial charge in [-0.1, -0.05) is 50.5 Å². The first-order valence-electron chi connectivity index (χ1n) is 11.0. The van der Waals surface area contributed by atoms with Gasteiger partial charge in [-0.25, -0.2) is 4.79 Å². The van der Waals surface area contributed by atoms with Crippen LogP contribution in [0.1, 0.15) is 71.7 Å².